The number of nitrogens with zero attached hydrogens (tertiary/aromatic N) is 1. The number of unbranched alkanes of at least 4 members (excludes halogenated alkanes) is 1. The Morgan fingerprint density at radius 3 is 2.62 bits per heavy atom. The van der Waals surface area contributed by atoms with E-state index in [4.69, 9.17) is 9.57 Å². The molecule has 0 aromatic carbocycles. The van der Waals surface area contributed by atoms with Crippen molar-refractivity contribution < 1.29 is 14.4 Å². The summed E-state index contributed by atoms with van der Waals surface area (Å²) in [6.45, 7) is 3.32. The van der Waals surface area contributed by atoms with Crippen LogP contribution in [0.1, 0.15) is 26.2 Å². The van der Waals surface area contributed by atoms with Crippen molar-refractivity contribution >= 4 is 5.91 Å². The van der Waals surface area contributed by atoms with Crippen molar-refractivity contribution in [3.8, 4) is 0 Å². The highest BCUT2D eigenvalue weighted by molar-refractivity contribution is 5.74. The van der Waals surface area contributed by atoms with E-state index in [0.29, 0.717) is 13.0 Å². The average molecular weight is 189 g/mol. The van der Waals surface area contributed by atoms with Gasteiger partial charge in [-0.3, -0.25) is 9.63 Å². The molecule has 0 saturated heterocycles. The van der Waals surface area contributed by atoms with Crippen LogP contribution in [0, 0.1) is 0 Å². The van der Waals surface area contributed by atoms with Crippen molar-refractivity contribution in [1.29, 1.82) is 0 Å². The zero-order chi connectivity index (χ0) is 10.1. The minimum Gasteiger partial charge on any atom is -0.381 e. The quantitative estimate of drug-likeness (QED) is 0.446. The van der Waals surface area contributed by atoms with E-state index in [-0.39, 0.29) is 5.91 Å². The lowest BCUT2D eigenvalue weighted by molar-refractivity contribution is -0.169. The first-order valence-corrected chi connectivity index (χ1v) is 4.60. The number of hydrogen-bond donors (Lipinski definition) is 0. The van der Waals surface area contributed by atoms with Crippen molar-refractivity contribution in [2.24, 2.45) is 0 Å². The van der Waals surface area contributed by atoms with Gasteiger partial charge in [0.1, 0.15) is 0 Å². The second-order valence-corrected chi connectivity index (χ2v) is 2.79. The van der Waals surface area contributed by atoms with Gasteiger partial charge in [-0.25, -0.2) is 5.06 Å². The highest BCUT2D eigenvalue weighted by Crippen LogP contribution is 1.93. The van der Waals surface area contributed by atoms with Crippen LogP contribution in [0.2, 0.25) is 0 Å². The van der Waals surface area contributed by atoms with Crippen molar-refractivity contribution in [2.75, 3.05) is 27.4 Å². The van der Waals surface area contributed by atoms with Gasteiger partial charge in [-0.05, 0) is 6.42 Å². The topological polar surface area (TPSA) is 38.8 Å². The van der Waals surface area contributed by atoms with Crippen LogP contribution < -0.4 is 0 Å². The summed E-state index contributed by atoms with van der Waals surface area (Å²) in [5, 5.41) is 1.21. The van der Waals surface area contributed by atoms with E-state index in [1.54, 1.807) is 7.05 Å². The van der Waals surface area contributed by atoms with Gasteiger partial charge < -0.3 is 4.74 Å². The molecule has 0 aromatic rings. The summed E-state index contributed by atoms with van der Waals surface area (Å²) >= 11 is 0. The third-order valence-corrected chi connectivity index (χ3v) is 1.73. The van der Waals surface area contributed by atoms with Crippen LogP contribution in [0.5, 0.6) is 0 Å². The molecule has 0 aliphatic rings. The van der Waals surface area contributed by atoms with Gasteiger partial charge >= 0.3 is 0 Å². The molecular weight excluding hydrogens is 170 g/mol. The number of hydrogen-bond acceptors (Lipinski definition) is 3. The maximum atomic E-state index is 11.1. The van der Waals surface area contributed by atoms with Crippen LogP contribution in [0.15, 0.2) is 0 Å². The van der Waals surface area contributed by atoms with Gasteiger partial charge in [0, 0.05) is 13.7 Å². The molecule has 0 aliphatic heterocycles. The highest BCUT2D eigenvalue weighted by Gasteiger charge is 2.06. The minimum atomic E-state index is -0.0565. The maximum Gasteiger partial charge on any atom is 0.248 e. The number of carbonyl (C=O) groups excluding carboxylic acids is 1. The zero-order valence-electron chi connectivity index (χ0n) is 8.71. The number of amides is 1. The lowest BCUT2D eigenvalue weighted by atomic mass is 10.3. The van der Waals surface area contributed by atoms with E-state index >= 15 is 0 Å². The van der Waals surface area contributed by atoms with Gasteiger partial charge in [0.2, 0.25) is 5.91 Å². The standard InChI is InChI=1S/C9H19NO3/c1-4-5-7-13-8-6-9(11)10(2)12-3/h4-8H2,1-3H3. The number of carbonyl (C=O) groups is 1. The van der Waals surface area contributed by atoms with Crippen LogP contribution in [0.25, 0.3) is 0 Å². The molecule has 0 radical (unpaired) electrons. The predicted molar refractivity (Wildman–Crippen MR) is 50.1 cm³/mol. The normalized spacial score (nSPS) is 10.1. The van der Waals surface area contributed by atoms with Crippen molar-refractivity contribution in [2.45, 2.75) is 26.2 Å². The van der Waals surface area contributed by atoms with Crippen LogP contribution in [0.4, 0.5) is 0 Å². The molecule has 13 heavy (non-hydrogen) atoms. The Morgan fingerprint density at radius 1 is 1.38 bits per heavy atom. The fourth-order valence-corrected chi connectivity index (χ4v) is 0.767. The first-order chi connectivity index (χ1) is 6.22. The lowest BCUT2D eigenvalue weighted by Gasteiger charge is -2.13. The third-order valence-electron chi connectivity index (χ3n) is 1.73. The molecule has 0 rings (SSSR count). The largest absolute Gasteiger partial charge is 0.381 e. The van der Waals surface area contributed by atoms with E-state index in [0.717, 1.165) is 19.4 Å². The Hall–Kier alpha value is -0.610. The van der Waals surface area contributed by atoms with Gasteiger partial charge in [0.15, 0.2) is 0 Å². The fraction of sp³-hybridized carbons (Fsp3) is 0.889. The summed E-state index contributed by atoms with van der Waals surface area (Å²) in [4.78, 5) is 15.8. The molecule has 0 N–H and O–H groups in total. The molecule has 4 heteroatoms. The van der Waals surface area contributed by atoms with Crippen molar-refractivity contribution in [3.63, 3.8) is 0 Å². The first kappa shape index (κ1) is 12.4. The Balaban J connectivity index is 3.27. The van der Waals surface area contributed by atoms with Crippen LogP contribution in [0.3, 0.4) is 0 Å². The molecule has 0 aliphatic carbocycles. The molecule has 1 amide bonds. The molecule has 0 fully saturated rings. The molecule has 0 unspecified atom stereocenters. The smallest absolute Gasteiger partial charge is 0.248 e. The van der Waals surface area contributed by atoms with Gasteiger partial charge in [-0.1, -0.05) is 13.3 Å². The molecule has 78 valence electrons. The molecule has 0 saturated carbocycles. The third kappa shape index (κ3) is 6.54. The molecular formula is C9H19NO3. The van der Waals surface area contributed by atoms with E-state index in [1.165, 1.54) is 12.2 Å². The Bertz CT molecular complexity index is 139. The Kier molecular flexibility index (Phi) is 7.63. The molecule has 0 spiro atoms. The summed E-state index contributed by atoms with van der Waals surface area (Å²) in [6.07, 6.45) is 2.55. The maximum absolute atomic E-state index is 11.1. The minimum absolute atomic E-state index is 0.0565. The van der Waals surface area contributed by atoms with Crippen LogP contribution in [-0.2, 0) is 14.4 Å². The summed E-state index contributed by atoms with van der Waals surface area (Å²) < 4.78 is 5.24. The summed E-state index contributed by atoms with van der Waals surface area (Å²) in [5.41, 5.74) is 0. The summed E-state index contributed by atoms with van der Waals surface area (Å²) in [6, 6.07) is 0. The van der Waals surface area contributed by atoms with Gasteiger partial charge in [-0.2, -0.15) is 0 Å². The van der Waals surface area contributed by atoms with E-state index < -0.39 is 0 Å². The Morgan fingerprint density at radius 2 is 2.08 bits per heavy atom. The lowest BCUT2D eigenvalue weighted by Crippen LogP contribution is -2.26. The van der Waals surface area contributed by atoms with E-state index in [1.807, 2.05) is 0 Å². The first-order valence-electron chi connectivity index (χ1n) is 4.60. The second kappa shape index (κ2) is 8.01. The van der Waals surface area contributed by atoms with Gasteiger partial charge in [0.25, 0.3) is 0 Å². The fourth-order valence-electron chi connectivity index (χ4n) is 0.767. The molecule has 0 heterocycles. The zero-order valence-corrected chi connectivity index (χ0v) is 8.71. The van der Waals surface area contributed by atoms with Crippen molar-refractivity contribution in [3.05, 3.63) is 0 Å². The molecule has 0 bridgehead atoms. The van der Waals surface area contributed by atoms with Crippen LogP contribution >= 0.6 is 0 Å². The highest BCUT2D eigenvalue weighted by atomic mass is 16.7. The monoisotopic (exact) mass is 189 g/mol. The molecule has 4 nitrogen and oxygen atoms in total. The van der Waals surface area contributed by atoms with Gasteiger partial charge in [-0.15, -0.1) is 0 Å². The predicted octanol–water partition coefficient (Wildman–Crippen LogP) is 1.21. The molecule has 0 atom stereocenters. The SMILES string of the molecule is CCCCOCCC(=O)N(C)OC. The van der Waals surface area contributed by atoms with Crippen LogP contribution in [-0.4, -0.2) is 38.3 Å². The Labute approximate surface area is 79.8 Å². The van der Waals surface area contributed by atoms with Gasteiger partial charge in [0.05, 0.1) is 20.1 Å². The number of rotatable bonds is 7. The van der Waals surface area contributed by atoms with E-state index in [2.05, 4.69) is 6.92 Å². The molecule has 0 aromatic heterocycles. The van der Waals surface area contributed by atoms with Crippen molar-refractivity contribution in [1.82, 2.24) is 5.06 Å². The summed E-state index contributed by atoms with van der Waals surface area (Å²) in [7, 11) is 3.06. The summed E-state index contributed by atoms with van der Waals surface area (Å²) in [5.74, 6) is -0.0565. The number of hydroxylamine groups is 2. The second-order valence-electron chi connectivity index (χ2n) is 2.79. The average Bonchev–Trinajstić information content (AvgIpc) is 2.16. The number of ether oxygens (including phenoxy) is 1. The van der Waals surface area contributed by atoms with E-state index in [9.17, 15) is 4.79 Å².